The van der Waals surface area contributed by atoms with E-state index < -0.39 is 12.0 Å². The zero-order valence-electron chi connectivity index (χ0n) is 10.0. The molecule has 0 fully saturated rings. The molecule has 0 bridgehead atoms. The fourth-order valence-corrected chi connectivity index (χ4v) is 2.59. The van der Waals surface area contributed by atoms with Gasteiger partial charge in [-0.2, -0.15) is 0 Å². The number of likely N-dealkylation sites (N-methyl/N-ethyl adjacent to an activating group) is 1. The molecule has 1 aliphatic heterocycles. The minimum atomic E-state index is -0.845. The van der Waals surface area contributed by atoms with Crippen LogP contribution in [0.25, 0.3) is 0 Å². The molecule has 18 heavy (non-hydrogen) atoms. The quantitative estimate of drug-likeness (QED) is 0.783. The van der Waals surface area contributed by atoms with Gasteiger partial charge in [0.25, 0.3) is 0 Å². The molecule has 0 spiro atoms. The molecule has 0 saturated carbocycles. The summed E-state index contributed by atoms with van der Waals surface area (Å²) in [6, 6.07) is 5.09. The molecule has 0 saturated heterocycles. The zero-order chi connectivity index (χ0) is 13.0. The van der Waals surface area contributed by atoms with Crippen LogP contribution in [0.2, 0.25) is 0 Å². The summed E-state index contributed by atoms with van der Waals surface area (Å²) in [5, 5.41) is 11.7. The van der Waals surface area contributed by atoms with Gasteiger partial charge in [0.2, 0.25) is 0 Å². The number of rotatable bonds is 5. The monoisotopic (exact) mass is 269 g/mol. The fourth-order valence-electron chi connectivity index (χ4n) is 1.57. The Morgan fingerprint density at radius 1 is 1.44 bits per heavy atom. The number of nitrogens with one attached hydrogen (secondary N) is 1. The van der Waals surface area contributed by atoms with Crippen LogP contribution in [0.15, 0.2) is 23.1 Å². The van der Waals surface area contributed by atoms with Crippen molar-refractivity contribution >= 4 is 17.7 Å². The summed E-state index contributed by atoms with van der Waals surface area (Å²) < 4.78 is 10.9. The molecule has 1 unspecified atom stereocenters. The van der Waals surface area contributed by atoms with E-state index in [0.717, 1.165) is 16.4 Å². The third-order valence-electron chi connectivity index (χ3n) is 2.58. The third-order valence-corrected chi connectivity index (χ3v) is 3.66. The minimum Gasteiger partial charge on any atom is -0.486 e. The van der Waals surface area contributed by atoms with E-state index in [1.54, 1.807) is 7.05 Å². The van der Waals surface area contributed by atoms with Gasteiger partial charge in [0.15, 0.2) is 11.5 Å². The predicted molar refractivity (Wildman–Crippen MR) is 68.6 cm³/mol. The second-order valence-corrected chi connectivity index (χ2v) is 4.89. The van der Waals surface area contributed by atoms with E-state index in [-0.39, 0.29) is 0 Å². The molecular formula is C12H15NO4S. The van der Waals surface area contributed by atoms with Gasteiger partial charge in [-0.3, -0.25) is 4.79 Å². The van der Waals surface area contributed by atoms with E-state index in [1.165, 1.54) is 11.8 Å². The van der Waals surface area contributed by atoms with Crippen molar-refractivity contribution in [3.8, 4) is 11.5 Å². The lowest BCUT2D eigenvalue weighted by Crippen LogP contribution is -2.35. The normalized spacial score (nSPS) is 15.2. The minimum absolute atomic E-state index is 0.464. The molecule has 98 valence electrons. The first-order valence-corrected chi connectivity index (χ1v) is 6.62. The lowest BCUT2D eigenvalue weighted by Gasteiger charge is -2.19. The van der Waals surface area contributed by atoms with E-state index in [4.69, 9.17) is 14.6 Å². The number of benzene rings is 1. The largest absolute Gasteiger partial charge is 0.486 e. The van der Waals surface area contributed by atoms with Gasteiger partial charge in [0.1, 0.15) is 19.3 Å². The van der Waals surface area contributed by atoms with Crippen LogP contribution in [0.1, 0.15) is 0 Å². The molecule has 0 amide bonds. The number of carboxylic acids is 1. The molecule has 2 N–H and O–H groups in total. The van der Waals surface area contributed by atoms with Crippen molar-refractivity contribution in [1.82, 2.24) is 5.32 Å². The average Bonchev–Trinajstić information content (AvgIpc) is 2.39. The van der Waals surface area contributed by atoms with Crippen molar-refractivity contribution in [2.24, 2.45) is 0 Å². The number of hydrogen-bond acceptors (Lipinski definition) is 5. The molecule has 1 aromatic carbocycles. The molecule has 1 aliphatic rings. The van der Waals surface area contributed by atoms with Gasteiger partial charge in [0.05, 0.1) is 0 Å². The van der Waals surface area contributed by atoms with Gasteiger partial charge in [-0.25, -0.2) is 0 Å². The maximum atomic E-state index is 10.9. The first-order valence-electron chi connectivity index (χ1n) is 5.63. The number of thioether (sulfide) groups is 1. The second kappa shape index (κ2) is 5.97. The molecule has 6 heteroatoms. The van der Waals surface area contributed by atoms with E-state index in [1.807, 2.05) is 18.2 Å². The van der Waals surface area contributed by atoms with Gasteiger partial charge in [-0.05, 0) is 25.2 Å². The molecule has 0 radical (unpaired) electrons. The number of fused-ring (bicyclic) bond motifs is 1. The van der Waals surface area contributed by atoms with Crippen LogP contribution in [0.4, 0.5) is 0 Å². The fraction of sp³-hybridized carbons (Fsp3) is 0.417. The average molecular weight is 269 g/mol. The highest BCUT2D eigenvalue weighted by Gasteiger charge is 2.16. The lowest BCUT2D eigenvalue weighted by atomic mass is 10.3. The summed E-state index contributed by atoms with van der Waals surface area (Å²) in [6.45, 7) is 1.12. The summed E-state index contributed by atoms with van der Waals surface area (Å²) in [5.41, 5.74) is 0. The summed E-state index contributed by atoms with van der Waals surface area (Å²) >= 11 is 1.48. The van der Waals surface area contributed by atoms with E-state index in [2.05, 4.69) is 5.32 Å². The second-order valence-electron chi connectivity index (χ2n) is 3.80. The Balaban J connectivity index is 1.99. The van der Waals surface area contributed by atoms with Crippen molar-refractivity contribution in [3.63, 3.8) is 0 Å². The van der Waals surface area contributed by atoms with E-state index in [9.17, 15) is 4.79 Å². The first kappa shape index (κ1) is 13.0. The van der Waals surface area contributed by atoms with Gasteiger partial charge < -0.3 is 19.9 Å². The van der Waals surface area contributed by atoms with Gasteiger partial charge >= 0.3 is 5.97 Å². The number of ether oxygens (including phenoxy) is 2. The summed E-state index contributed by atoms with van der Waals surface area (Å²) in [4.78, 5) is 11.8. The topological polar surface area (TPSA) is 67.8 Å². The van der Waals surface area contributed by atoms with Gasteiger partial charge in [0, 0.05) is 10.6 Å². The zero-order valence-corrected chi connectivity index (χ0v) is 10.8. The molecular weight excluding hydrogens is 254 g/mol. The first-order chi connectivity index (χ1) is 8.70. The van der Waals surface area contributed by atoms with Crippen LogP contribution in [0, 0.1) is 0 Å². The van der Waals surface area contributed by atoms with Gasteiger partial charge in [-0.15, -0.1) is 11.8 Å². The Hall–Kier alpha value is -1.40. The number of carbonyl (C=O) groups is 1. The SMILES string of the molecule is CNC(CSc1ccc2c(c1)OCCO2)C(=O)O. The van der Waals surface area contributed by atoms with E-state index >= 15 is 0 Å². The Bertz CT molecular complexity index is 438. The summed E-state index contributed by atoms with van der Waals surface area (Å²) in [6.07, 6.45) is 0. The summed E-state index contributed by atoms with van der Waals surface area (Å²) in [5.74, 6) is 1.09. The van der Waals surface area contributed by atoms with Crippen LogP contribution >= 0.6 is 11.8 Å². The molecule has 2 rings (SSSR count). The maximum absolute atomic E-state index is 10.9. The van der Waals surface area contributed by atoms with Crippen LogP contribution in [-0.4, -0.2) is 43.1 Å². The molecule has 1 aromatic rings. The van der Waals surface area contributed by atoms with Crippen LogP contribution < -0.4 is 14.8 Å². The Kier molecular flexibility index (Phi) is 4.33. The van der Waals surface area contributed by atoms with Crippen molar-refractivity contribution in [2.45, 2.75) is 10.9 Å². The number of hydrogen-bond donors (Lipinski definition) is 2. The smallest absolute Gasteiger partial charge is 0.321 e. The highest BCUT2D eigenvalue weighted by molar-refractivity contribution is 7.99. The standard InChI is InChI=1S/C12H15NO4S/c1-13-9(12(14)15)7-18-8-2-3-10-11(6-8)17-5-4-16-10/h2-3,6,9,13H,4-5,7H2,1H3,(H,14,15). The molecule has 1 atom stereocenters. The lowest BCUT2D eigenvalue weighted by molar-refractivity contribution is -0.138. The van der Waals surface area contributed by atoms with Crippen molar-refractivity contribution in [3.05, 3.63) is 18.2 Å². The predicted octanol–water partition coefficient (Wildman–Crippen LogP) is 1.22. The molecule has 0 aromatic heterocycles. The maximum Gasteiger partial charge on any atom is 0.321 e. The van der Waals surface area contributed by atoms with Crippen LogP contribution in [0.5, 0.6) is 11.5 Å². The molecule has 1 heterocycles. The highest BCUT2D eigenvalue weighted by Crippen LogP contribution is 2.34. The highest BCUT2D eigenvalue weighted by atomic mass is 32.2. The Morgan fingerprint density at radius 3 is 2.83 bits per heavy atom. The van der Waals surface area contributed by atoms with E-state index in [0.29, 0.717) is 19.0 Å². The van der Waals surface area contributed by atoms with Crippen molar-refractivity contribution < 1.29 is 19.4 Å². The van der Waals surface area contributed by atoms with Crippen molar-refractivity contribution in [2.75, 3.05) is 26.0 Å². The number of carboxylic acid groups (broad SMARTS) is 1. The Labute approximate surface area is 109 Å². The third kappa shape index (κ3) is 3.08. The van der Waals surface area contributed by atoms with Gasteiger partial charge in [-0.1, -0.05) is 0 Å². The Morgan fingerprint density at radius 2 is 2.17 bits per heavy atom. The molecule has 5 nitrogen and oxygen atoms in total. The number of aliphatic carboxylic acids is 1. The molecule has 0 aliphatic carbocycles. The van der Waals surface area contributed by atoms with Crippen molar-refractivity contribution in [1.29, 1.82) is 0 Å². The summed E-state index contributed by atoms with van der Waals surface area (Å²) in [7, 11) is 1.64. The van der Waals surface area contributed by atoms with Crippen LogP contribution in [0.3, 0.4) is 0 Å². The van der Waals surface area contributed by atoms with Crippen LogP contribution in [-0.2, 0) is 4.79 Å².